The van der Waals surface area contributed by atoms with Crippen LogP contribution in [0.4, 0.5) is 0 Å². The van der Waals surface area contributed by atoms with Crippen LogP contribution in [0.25, 0.3) is 0 Å². The standard InChI is InChI=1S/C15H23NO4/c1-4-5-12(17)9-16-15(18)10-20-13-7-6-11(2)8-14(13)19-3/h6-8,12,17H,4-5,9-10H2,1-3H3,(H,16,18). The van der Waals surface area contributed by atoms with E-state index in [-0.39, 0.29) is 19.1 Å². The van der Waals surface area contributed by atoms with Crippen molar-refractivity contribution in [2.45, 2.75) is 32.8 Å². The van der Waals surface area contributed by atoms with Gasteiger partial charge in [-0.2, -0.15) is 0 Å². The first kappa shape index (κ1) is 16.3. The van der Waals surface area contributed by atoms with Crippen LogP contribution in [0.3, 0.4) is 0 Å². The van der Waals surface area contributed by atoms with E-state index in [0.29, 0.717) is 17.9 Å². The van der Waals surface area contributed by atoms with Crippen LogP contribution in [-0.4, -0.2) is 37.4 Å². The highest BCUT2D eigenvalue weighted by Crippen LogP contribution is 2.27. The van der Waals surface area contributed by atoms with E-state index in [0.717, 1.165) is 12.0 Å². The van der Waals surface area contributed by atoms with Gasteiger partial charge in [0.25, 0.3) is 5.91 Å². The van der Waals surface area contributed by atoms with Gasteiger partial charge in [0.05, 0.1) is 13.2 Å². The minimum Gasteiger partial charge on any atom is -0.493 e. The van der Waals surface area contributed by atoms with Crippen LogP contribution in [-0.2, 0) is 4.79 Å². The molecule has 1 atom stereocenters. The number of carbonyl (C=O) groups is 1. The Labute approximate surface area is 119 Å². The van der Waals surface area contributed by atoms with Crippen LogP contribution in [0.1, 0.15) is 25.3 Å². The molecule has 5 heteroatoms. The number of carbonyl (C=O) groups excluding carboxylic acids is 1. The number of aryl methyl sites for hydroxylation is 1. The summed E-state index contributed by atoms with van der Waals surface area (Å²) in [7, 11) is 1.56. The number of ether oxygens (including phenoxy) is 2. The molecule has 2 N–H and O–H groups in total. The van der Waals surface area contributed by atoms with Gasteiger partial charge in [-0.1, -0.05) is 19.4 Å². The molecular formula is C15H23NO4. The van der Waals surface area contributed by atoms with E-state index in [1.54, 1.807) is 13.2 Å². The SMILES string of the molecule is CCCC(O)CNC(=O)COc1ccc(C)cc1OC. The predicted molar refractivity (Wildman–Crippen MR) is 77.2 cm³/mol. The van der Waals surface area contributed by atoms with Crippen molar-refractivity contribution in [2.75, 3.05) is 20.3 Å². The normalized spacial score (nSPS) is 11.8. The van der Waals surface area contributed by atoms with E-state index in [4.69, 9.17) is 9.47 Å². The number of rotatable bonds is 8. The maximum Gasteiger partial charge on any atom is 0.258 e. The van der Waals surface area contributed by atoms with Crippen LogP contribution in [0.5, 0.6) is 11.5 Å². The van der Waals surface area contributed by atoms with E-state index in [1.165, 1.54) is 0 Å². The zero-order valence-electron chi connectivity index (χ0n) is 12.3. The van der Waals surface area contributed by atoms with Crippen LogP contribution in [0.2, 0.25) is 0 Å². The molecule has 0 aliphatic heterocycles. The Balaban J connectivity index is 2.41. The van der Waals surface area contributed by atoms with Crippen LogP contribution >= 0.6 is 0 Å². The molecule has 0 saturated heterocycles. The van der Waals surface area contributed by atoms with Crippen molar-refractivity contribution in [1.29, 1.82) is 0 Å². The quantitative estimate of drug-likeness (QED) is 0.760. The summed E-state index contributed by atoms with van der Waals surface area (Å²) in [5.74, 6) is 0.869. The maximum absolute atomic E-state index is 11.6. The molecule has 0 aromatic heterocycles. The second-order valence-electron chi connectivity index (χ2n) is 4.69. The van der Waals surface area contributed by atoms with Crippen LogP contribution < -0.4 is 14.8 Å². The summed E-state index contributed by atoms with van der Waals surface area (Å²) in [5.41, 5.74) is 1.06. The zero-order valence-corrected chi connectivity index (χ0v) is 12.3. The summed E-state index contributed by atoms with van der Waals surface area (Å²) in [5, 5.41) is 12.2. The second kappa shape index (κ2) is 8.43. The average molecular weight is 281 g/mol. The number of hydrogen-bond acceptors (Lipinski definition) is 4. The minimum absolute atomic E-state index is 0.0989. The van der Waals surface area contributed by atoms with Crippen molar-refractivity contribution in [3.8, 4) is 11.5 Å². The Morgan fingerprint density at radius 3 is 2.80 bits per heavy atom. The first-order chi connectivity index (χ1) is 9.56. The molecule has 0 heterocycles. The molecule has 0 fully saturated rings. The highest BCUT2D eigenvalue weighted by molar-refractivity contribution is 5.77. The highest BCUT2D eigenvalue weighted by Gasteiger charge is 2.09. The van der Waals surface area contributed by atoms with Crippen molar-refractivity contribution >= 4 is 5.91 Å². The third kappa shape index (κ3) is 5.48. The fourth-order valence-corrected chi connectivity index (χ4v) is 1.76. The number of benzene rings is 1. The Morgan fingerprint density at radius 2 is 2.15 bits per heavy atom. The Morgan fingerprint density at radius 1 is 1.40 bits per heavy atom. The first-order valence-electron chi connectivity index (χ1n) is 6.79. The lowest BCUT2D eigenvalue weighted by Gasteiger charge is -2.13. The third-order valence-electron chi connectivity index (χ3n) is 2.83. The predicted octanol–water partition coefficient (Wildman–Crippen LogP) is 1.66. The first-order valence-corrected chi connectivity index (χ1v) is 6.79. The maximum atomic E-state index is 11.6. The van der Waals surface area contributed by atoms with Crippen molar-refractivity contribution < 1.29 is 19.4 Å². The third-order valence-corrected chi connectivity index (χ3v) is 2.83. The highest BCUT2D eigenvalue weighted by atomic mass is 16.5. The molecule has 0 bridgehead atoms. The summed E-state index contributed by atoms with van der Waals surface area (Å²) in [4.78, 5) is 11.6. The van der Waals surface area contributed by atoms with Gasteiger partial charge in [0.1, 0.15) is 0 Å². The van der Waals surface area contributed by atoms with Gasteiger partial charge in [0, 0.05) is 6.54 Å². The number of methoxy groups -OCH3 is 1. The van der Waals surface area contributed by atoms with Gasteiger partial charge in [-0.3, -0.25) is 4.79 Å². The van der Waals surface area contributed by atoms with Gasteiger partial charge >= 0.3 is 0 Å². The van der Waals surface area contributed by atoms with Gasteiger partial charge < -0.3 is 19.9 Å². The number of amides is 1. The lowest BCUT2D eigenvalue weighted by Crippen LogP contribution is -2.35. The van der Waals surface area contributed by atoms with Crippen molar-refractivity contribution in [1.82, 2.24) is 5.32 Å². The molecular weight excluding hydrogens is 258 g/mol. The van der Waals surface area contributed by atoms with Crippen molar-refractivity contribution in [3.05, 3.63) is 23.8 Å². The number of nitrogens with one attached hydrogen (secondary N) is 1. The van der Waals surface area contributed by atoms with E-state index < -0.39 is 6.10 Å². The average Bonchev–Trinajstić information content (AvgIpc) is 2.44. The van der Waals surface area contributed by atoms with Crippen LogP contribution in [0, 0.1) is 6.92 Å². The fourth-order valence-electron chi connectivity index (χ4n) is 1.76. The molecule has 1 unspecified atom stereocenters. The van der Waals surface area contributed by atoms with Crippen molar-refractivity contribution in [3.63, 3.8) is 0 Å². The molecule has 0 saturated carbocycles. The summed E-state index contributed by atoms with van der Waals surface area (Å²) in [6, 6.07) is 5.51. The topological polar surface area (TPSA) is 67.8 Å². The Hall–Kier alpha value is -1.75. The molecule has 112 valence electrons. The van der Waals surface area contributed by atoms with E-state index in [9.17, 15) is 9.90 Å². The molecule has 1 aromatic carbocycles. The number of aliphatic hydroxyl groups is 1. The zero-order chi connectivity index (χ0) is 15.0. The Bertz CT molecular complexity index is 434. The van der Waals surface area contributed by atoms with E-state index in [1.807, 2.05) is 26.0 Å². The molecule has 20 heavy (non-hydrogen) atoms. The van der Waals surface area contributed by atoms with Gasteiger partial charge in [-0.05, 0) is 31.0 Å². The lowest BCUT2D eigenvalue weighted by molar-refractivity contribution is -0.123. The van der Waals surface area contributed by atoms with Gasteiger partial charge in [-0.25, -0.2) is 0 Å². The summed E-state index contributed by atoms with van der Waals surface area (Å²) >= 11 is 0. The minimum atomic E-state index is -0.502. The summed E-state index contributed by atoms with van der Waals surface area (Å²) < 4.78 is 10.6. The summed E-state index contributed by atoms with van der Waals surface area (Å²) in [6.45, 7) is 4.09. The largest absolute Gasteiger partial charge is 0.493 e. The molecule has 0 spiro atoms. The molecule has 0 aliphatic carbocycles. The van der Waals surface area contributed by atoms with Crippen LogP contribution in [0.15, 0.2) is 18.2 Å². The second-order valence-corrected chi connectivity index (χ2v) is 4.69. The monoisotopic (exact) mass is 281 g/mol. The Kier molecular flexibility index (Phi) is 6.87. The lowest BCUT2D eigenvalue weighted by atomic mass is 10.2. The van der Waals surface area contributed by atoms with Gasteiger partial charge in [-0.15, -0.1) is 0 Å². The van der Waals surface area contributed by atoms with E-state index in [2.05, 4.69) is 5.32 Å². The van der Waals surface area contributed by atoms with Gasteiger partial charge in [0.2, 0.25) is 0 Å². The molecule has 5 nitrogen and oxygen atoms in total. The number of hydrogen-bond donors (Lipinski definition) is 2. The van der Waals surface area contributed by atoms with E-state index >= 15 is 0 Å². The molecule has 1 amide bonds. The molecule has 1 aromatic rings. The van der Waals surface area contributed by atoms with Gasteiger partial charge in [0.15, 0.2) is 18.1 Å². The fraction of sp³-hybridized carbons (Fsp3) is 0.533. The molecule has 1 rings (SSSR count). The molecule has 0 aliphatic rings. The molecule has 0 radical (unpaired) electrons. The number of aliphatic hydroxyl groups excluding tert-OH is 1. The smallest absolute Gasteiger partial charge is 0.258 e. The summed E-state index contributed by atoms with van der Waals surface area (Å²) in [6.07, 6.45) is 1.05. The van der Waals surface area contributed by atoms with Crippen molar-refractivity contribution in [2.24, 2.45) is 0 Å².